The molecule has 0 bridgehead atoms. The van der Waals surface area contributed by atoms with Gasteiger partial charge in [0, 0.05) is 4.90 Å². The van der Waals surface area contributed by atoms with Gasteiger partial charge in [-0.25, -0.2) is 4.21 Å². The van der Waals surface area contributed by atoms with Crippen molar-refractivity contribution in [3.8, 4) is 12.1 Å². The lowest BCUT2D eigenvalue weighted by Gasteiger charge is -2.06. The van der Waals surface area contributed by atoms with Gasteiger partial charge in [-0.05, 0) is 30.3 Å². The van der Waals surface area contributed by atoms with Crippen LogP contribution in [0.4, 0.5) is 5.69 Å². The Bertz CT molecular complexity index is 741. The van der Waals surface area contributed by atoms with E-state index < -0.39 is 10.8 Å². The number of benzene rings is 2. The number of rotatable bonds is 2. The largest absolute Gasteiger partial charge is 0.398 e. The van der Waals surface area contributed by atoms with E-state index in [9.17, 15) is 4.21 Å². The van der Waals surface area contributed by atoms with Crippen LogP contribution in [0.1, 0.15) is 11.1 Å². The molecule has 0 saturated carbocycles. The summed E-state index contributed by atoms with van der Waals surface area (Å²) < 4.78 is 12.4. The van der Waals surface area contributed by atoms with Crippen LogP contribution in [0, 0.1) is 22.7 Å². The maximum Gasteiger partial charge on any atom is 0.103 e. The van der Waals surface area contributed by atoms with Crippen LogP contribution in [0.5, 0.6) is 0 Å². The normalized spacial score (nSPS) is 11.3. The smallest absolute Gasteiger partial charge is 0.103 e. The van der Waals surface area contributed by atoms with Crippen LogP contribution < -0.4 is 5.73 Å². The molecular weight excluding hydrogens is 258 g/mol. The van der Waals surface area contributed by atoms with E-state index in [4.69, 9.17) is 16.3 Å². The molecule has 0 amide bonds. The summed E-state index contributed by atoms with van der Waals surface area (Å²) in [6.45, 7) is 0. The Kier molecular flexibility index (Phi) is 3.61. The number of hydrogen-bond donors (Lipinski definition) is 1. The minimum Gasteiger partial charge on any atom is -0.398 e. The van der Waals surface area contributed by atoms with Crippen molar-refractivity contribution in [2.75, 3.05) is 5.73 Å². The summed E-state index contributed by atoms with van der Waals surface area (Å²) in [5, 5.41) is 17.9. The standard InChI is InChI=1S/C14H9N3OS/c15-8-10-3-1-4-11(7-10)19(18)14-6-2-5-13(17)12(14)9-16/h1-7H,17H2/t19-/m1/s1. The first-order valence-electron chi connectivity index (χ1n) is 5.38. The second-order valence-corrected chi connectivity index (χ2v) is 5.19. The molecular formula is C14H9N3OS. The van der Waals surface area contributed by atoms with E-state index in [-0.39, 0.29) is 5.56 Å². The van der Waals surface area contributed by atoms with Crippen LogP contribution in [0.2, 0.25) is 0 Å². The number of nitriles is 2. The fraction of sp³-hybridized carbons (Fsp3) is 0. The van der Waals surface area contributed by atoms with E-state index in [0.717, 1.165) is 0 Å². The fourth-order valence-corrected chi connectivity index (χ4v) is 2.87. The predicted molar refractivity (Wildman–Crippen MR) is 71.4 cm³/mol. The summed E-state index contributed by atoms with van der Waals surface area (Å²) in [4.78, 5) is 0.832. The Hall–Kier alpha value is -2.63. The van der Waals surface area contributed by atoms with Gasteiger partial charge in [0.25, 0.3) is 0 Å². The maximum absolute atomic E-state index is 12.4. The fourth-order valence-electron chi connectivity index (χ4n) is 1.63. The number of nitrogens with two attached hydrogens (primary N) is 1. The SMILES string of the molecule is N#Cc1cccc([S@@](=O)c2cccc(N)c2C#N)c1. The van der Waals surface area contributed by atoms with Crippen molar-refractivity contribution in [1.82, 2.24) is 0 Å². The molecule has 0 aliphatic heterocycles. The van der Waals surface area contributed by atoms with E-state index in [1.807, 2.05) is 12.1 Å². The molecule has 0 heterocycles. The van der Waals surface area contributed by atoms with Gasteiger partial charge < -0.3 is 5.73 Å². The van der Waals surface area contributed by atoms with E-state index in [0.29, 0.717) is 21.0 Å². The van der Waals surface area contributed by atoms with E-state index >= 15 is 0 Å². The van der Waals surface area contributed by atoms with Crippen molar-refractivity contribution in [2.24, 2.45) is 0 Å². The van der Waals surface area contributed by atoms with Gasteiger partial charge in [0.1, 0.15) is 6.07 Å². The van der Waals surface area contributed by atoms with Gasteiger partial charge in [0.2, 0.25) is 0 Å². The Labute approximate surface area is 113 Å². The van der Waals surface area contributed by atoms with Gasteiger partial charge in [-0.3, -0.25) is 0 Å². The zero-order valence-electron chi connectivity index (χ0n) is 9.83. The van der Waals surface area contributed by atoms with Crippen molar-refractivity contribution in [2.45, 2.75) is 9.79 Å². The molecule has 0 aliphatic carbocycles. The summed E-state index contributed by atoms with van der Waals surface area (Å²) in [6, 6.07) is 15.3. The third kappa shape index (κ3) is 2.47. The van der Waals surface area contributed by atoms with Crippen LogP contribution in [0.25, 0.3) is 0 Å². The lowest BCUT2D eigenvalue weighted by Crippen LogP contribution is -2.00. The van der Waals surface area contributed by atoms with Gasteiger partial charge >= 0.3 is 0 Å². The van der Waals surface area contributed by atoms with Crippen LogP contribution in [-0.4, -0.2) is 4.21 Å². The number of nitrogen functional groups attached to an aromatic ring is 1. The zero-order chi connectivity index (χ0) is 13.8. The van der Waals surface area contributed by atoms with E-state index in [1.54, 1.807) is 42.5 Å². The molecule has 0 aromatic heterocycles. The molecule has 0 aliphatic rings. The Balaban J connectivity index is 2.54. The topological polar surface area (TPSA) is 90.7 Å². The summed E-state index contributed by atoms with van der Waals surface area (Å²) >= 11 is 0. The minimum atomic E-state index is -1.53. The molecule has 19 heavy (non-hydrogen) atoms. The molecule has 5 heteroatoms. The molecule has 0 spiro atoms. The number of nitrogens with zero attached hydrogens (tertiary/aromatic N) is 2. The summed E-state index contributed by atoms with van der Waals surface area (Å²) in [6.07, 6.45) is 0. The third-order valence-corrected chi connectivity index (χ3v) is 3.97. The quantitative estimate of drug-likeness (QED) is 0.844. The Morgan fingerprint density at radius 3 is 2.47 bits per heavy atom. The highest BCUT2D eigenvalue weighted by Gasteiger charge is 2.14. The first kappa shape index (κ1) is 12.8. The zero-order valence-corrected chi connectivity index (χ0v) is 10.6. The maximum atomic E-state index is 12.4. The summed E-state index contributed by atoms with van der Waals surface area (Å²) in [5.41, 5.74) is 6.63. The summed E-state index contributed by atoms with van der Waals surface area (Å²) in [5.74, 6) is 0. The molecule has 0 saturated heterocycles. The van der Waals surface area contributed by atoms with Crippen molar-refractivity contribution in [3.63, 3.8) is 0 Å². The minimum absolute atomic E-state index is 0.211. The van der Waals surface area contributed by atoms with Crippen LogP contribution in [-0.2, 0) is 10.8 Å². The van der Waals surface area contributed by atoms with Crippen molar-refractivity contribution in [3.05, 3.63) is 53.6 Å². The molecule has 0 unspecified atom stereocenters. The van der Waals surface area contributed by atoms with E-state index in [2.05, 4.69) is 0 Å². The average molecular weight is 267 g/mol. The second kappa shape index (κ2) is 5.34. The average Bonchev–Trinajstić information content (AvgIpc) is 2.46. The lowest BCUT2D eigenvalue weighted by molar-refractivity contribution is 0.683. The predicted octanol–water partition coefficient (Wildman–Crippen LogP) is 2.18. The Morgan fingerprint density at radius 2 is 1.79 bits per heavy atom. The molecule has 2 aromatic rings. The molecule has 1 atom stereocenters. The first-order valence-corrected chi connectivity index (χ1v) is 6.53. The molecule has 2 aromatic carbocycles. The summed E-state index contributed by atoms with van der Waals surface area (Å²) in [7, 11) is -1.53. The lowest BCUT2D eigenvalue weighted by atomic mass is 10.2. The van der Waals surface area contributed by atoms with Crippen LogP contribution >= 0.6 is 0 Å². The highest BCUT2D eigenvalue weighted by molar-refractivity contribution is 7.85. The van der Waals surface area contributed by atoms with E-state index in [1.165, 1.54) is 0 Å². The number of anilines is 1. The van der Waals surface area contributed by atoms with Crippen molar-refractivity contribution in [1.29, 1.82) is 10.5 Å². The van der Waals surface area contributed by atoms with Gasteiger partial charge in [0.15, 0.2) is 0 Å². The van der Waals surface area contributed by atoms with Gasteiger partial charge in [-0.2, -0.15) is 10.5 Å². The van der Waals surface area contributed by atoms with Crippen LogP contribution in [0.3, 0.4) is 0 Å². The monoisotopic (exact) mass is 267 g/mol. The van der Waals surface area contributed by atoms with Crippen molar-refractivity contribution >= 4 is 16.5 Å². The highest BCUT2D eigenvalue weighted by atomic mass is 32.2. The molecule has 0 fully saturated rings. The number of hydrogen-bond acceptors (Lipinski definition) is 4. The molecule has 2 rings (SSSR count). The van der Waals surface area contributed by atoms with Gasteiger partial charge in [-0.15, -0.1) is 0 Å². The molecule has 2 N–H and O–H groups in total. The van der Waals surface area contributed by atoms with Gasteiger partial charge in [-0.1, -0.05) is 12.1 Å². The Morgan fingerprint density at radius 1 is 1.05 bits per heavy atom. The molecule has 4 nitrogen and oxygen atoms in total. The van der Waals surface area contributed by atoms with Gasteiger partial charge in [0.05, 0.1) is 38.6 Å². The molecule has 92 valence electrons. The highest BCUT2D eigenvalue weighted by Crippen LogP contribution is 2.24. The first-order chi connectivity index (χ1) is 9.17. The third-order valence-electron chi connectivity index (χ3n) is 2.55. The second-order valence-electron chi connectivity index (χ2n) is 3.74. The van der Waals surface area contributed by atoms with Crippen molar-refractivity contribution < 1.29 is 4.21 Å². The van der Waals surface area contributed by atoms with Crippen LogP contribution in [0.15, 0.2) is 52.3 Å². The molecule has 0 radical (unpaired) electrons.